The van der Waals surface area contributed by atoms with Crippen molar-refractivity contribution in [1.29, 1.82) is 0 Å². The molecule has 0 aromatic rings. The maximum atomic E-state index is 5.54. The summed E-state index contributed by atoms with van der Waals surface area (Å²) in [4.78, 5) is 0. The average Bonchev–Trinajstić information content (AvgIpc) is 1.87. The fourth-order valence-corrected chi connectivity index (χ4v) is 0.943. The lowest BCUT2D eigenvalue weighted by Crippen LogP contribution is -2.23. The van der Waals surface area contributed by atoms with Crippen molar-refractivity contribution in [3.05, 3.63) is 11.1 Å². The third-order valence-electron chi connectivity index (χ3n) is 1.50. The minimum atomic E-state index is 0.190. The summed E-state index contributed by atoms with van der Waals surface area (Å²) in [6, 6.07) is 0. The van der Waals surface area contributed by atoms with Crippen molar-refractivity contribution in [2.24, 2.45) is 11.1 Å². The average molecular weight is 162 g/mol. The molecule has 0 fully saturated rings. The van der Waals surface area contributed by atoms with Crippen LogP contribution in [0, 0.1) is 5.41 Å². The van der Waals surface area contributed by atoms with Crippen molar-refractivity contribution in [1.82, 2.24) is 0 Å². The van der Waals surface area contributed by atoms with E-state index in [0.29, 0.717) is 6.54 Å². The monoisotopic (exact) mass is 161 g/mol. The number of allylic oxidation sites excluding steroid dienone is 1. The van der Waals surface area contributed by atoms with Crippen LogP contribution in [-0.4, -0.2) is 6.54 Å². The van der Waals surface area contributed by atoms with Gasteiger partial charge in [-0.25, -0.2) is 0 Å². The Morgan fingerprint density at radius 2 is 2.10 bits per heavy atom. The third kappa shape index (κ3) is 3.91. The molecule has 0 atom stereocenters. The molecule has 1 nitrogen and oxygen atoms in total. The molecule has 0 heterocycles. The zero-order chi connectivity index (χ0) is 8.20. The topological polar surface area (TPSA) is 26.0 Å². The summed E-state index contributed by atoms with van der Waals surface area (Å²) in [5.74, 6) is 0. The zero-order valence-corrected chi connectivity index (χ0v) is 7.70. The Morgan fingerprint density at radius 3 is 2.40 bits per heavy atom. The van der Waals surface area contributed by atoms with Gasteiger partial charge in [-0.1, -0.05) is 31.0 Å². The molecule has 0 bridgehead atoms. The van der Waals surface area contributed by atoms with Gasteiger partial charge in [0, 0.05) is 5.54 Å². The highest BCUT2D eigenvalue weighted by atomic mass is 35.5. The van der Waals surface area contributed by atoms with Crippen LogP contribution < -0.4 is 5.73 Å². The van der Waals surface area contributed by atoms with Gasteiger partial charge in [0.15, 0.2) is 0 Å². The molecule has 0 amide bonds. The lowest BCUT2D eigenvalue weighted by atomic mass is 9.87. The van der Waals surface area contributed by atoms with Gasteiger partial charge >= 0.3 is 0 Å². The van der Waals surface area contributed by atoms with Crippen LogP contribution in [0.15, 0.2) is 11.1 Å². The van der Waals surface area contributed by atoms with Crippen molar-refractivity contribution < 1.29 is 0 Å². The molecule has 2 heteroatoms. The summed E-state index contributed by atoms with van der Waals surface area (Å²) in [6.07, 6.45) is 0.979. The van der Waals surface area contributed by atoms with Gasteiger partial charge in [0.05, 0.1) is 0 Å². The molecule has 0 aliphatic rings. The number of rotatable bonds is 3. The minimum Gasteiger partial charge on any atom is -0.330 e. The molecule has 0 aromatic heterocycles. The normalized spacial score (nSPS) is 13.9. The smallest absolute Gasteiger partial charge is 0.00319 e. The van der Waals surface area contributed by atoms with Crippen LogP contribution in [0.3, 0.4) is 0 Å². The van der Waals surface area contributed by atoms with E-state index in [-0.39, 0.29) is 5.41 Å². The van der Waals surface area contributed by atoms with E-state index in [2.05, 4.69) is 13.8 Å². The summed E-state index contributed by atoms with van der Waals surface area (Å²) in [6.45, 7) is 6.99. The zero-order valence-electron chi connectivity index (χ0n) is 6.95. The van der Waals surface area contributed by atoms with E-state index >= 15 is 0 Å². The van der Waals surface area contributed by atoms with Crippen molar-refractivity contribution >= 4 is 11.6 Å². The van der Waals surface area contributed by atoms with E-state index in [1.165, 1.54) is 5.57 Å². The SMILES string of the molecule is C/C(=C\Cl)CC(C)(C)CN. The van der Waals surface area contributed by atoms with Gasteiger partial charge in [0.2, 0.25) is 0 Å². The van der Waals surface area contributed by atoms with Crippen LogP contribution in [0.1, 0.15) is 27.2 Å². The van der Waals surface area contributed by atoms with Crippen LogP contribution in [0.2, 0.25) is 0 Å². The van der Waals surface area contributed by atoms with Crippen LogP contribution in [0.4, 0.5) is 0 Å². The van der Waals surface area contributed by atoms with Gasteiger partial charge in [0.25, 0.3) is 0 Å². The first-order chi connectivity index (χ1) is 4.52. The van der Waals surface area contributed by atoms with Crippen LogP contribution in [0.25, 0.3) is 0 Å². The Morgan fingerprint density at radius 1 is 1.60 bits per heavy atom. The molecule has 0 saturated heterocycles. The van der Waals surface area contributed by atoms with Crippen LogP contribution >= 0.6 is 11.6 Å². The molecule has 0 radical (unpaired) electrons. The van der Waals surface area contributed by atoms with E-state index in [1.54, 1.807) is 5.54 Å². The Balaban J connectivity index is 3.88. The molecular formula is C8H16ClN. The Hall–Kier alpha value is -0.0100. The van der Waals surface area contributed by atoms with Gasteiger partial charge in [-0.15, -0.1) is 0 Å². The Bertz CT molecular complexity index is 127. The molecule has 10 heavy (non-hydrogen) atoms. The standard InChI is InChI=1S/C8H16ClN/c1-7(5-9)4-8(2,3)6-10/h5H,4,6,10H2,1-3H3/b7-5+. The van der Waals surface area contributed by atoms with Crippen molar-refractivity contribution in [2.75, 3.05) is 6.54 Å². The molecule has 0 aromatic carbocycles. The molecule has 0 aliphatic heterocycles. The maximum absolute atomic E-state index is 5.54. The van der Waals surface area contributed by atoms with E-state index in [4.69, 9.17) is 17.3 Å². The summed E-state index contributed by atoms with van der Waals surface area (Å²) in [5, 5.41) is 0. The summed E-state index contributed by atoms with van der Waals surface area (Å²) >= 11 is 5.51. The van der Waals surface area contributed by atoms with Gasteiger partial charge in [0.1, 0.15) is 0 Å². The quantitative estimate of drug-likeness (QED) is 0.677. The molecule has 0 rings (SSSR count). The second-order valence-corrected chi connectivity index (χ2v) is 3.72. The molecule has 2 N–H and O–H groups in total. The second kappa shape index (κ2) is 3.99. The minimum absolute atomic E-state index is 0.190. The first-order valence-electron chi connectivity index (χ1n) is 3.48. The predicted molar refractivity (Wildman–Crippen MR) is 47.1 cm³/mol. The summed E-state index contributed by atoms with van der Waals surface area (Å²) in [5.41, 5.74) is 8.54. The van der Waals surface area contributed by atoms with E-state index in [0.717, 1.165) is 6.42 Å². The first-order valence-corrected chi connectivity index (χ1v) is 3.91. The fourth-order valence-electron chi connectivity index (χ4n) is 0.866. The van der Waals surface area contributed by atoms with E-state index in [9.17, 15) is 0 Å². The van der Waals surface area contributed by atoms with Crippen LogP contribution in [0.5, 0.6) is 0 Å². The molecular weight excluding hydrogens is 146 g/mol. The molecule has 0 unspecified atom stereocenters. The molecule has 0 spiro atoms. The number of hydrogen-bond acceptors (Lipinski definition) is 1. The molecule has 0 aliphatic carbocycles. The summed E-state index contributed by atoms with van der Waals surface area (Å²) in [7, 11) is 0. The lowest BCUT2D eigenvalue weighted by molar-refractivity contribution is 0.376. The van der Waals surface area contributed by atoms with Gasteiger partial charge in [-0.3, -0.25) is 0 Å². The van der Waals surface area contributed by atoms with Crippen LogP contribution in [-0.2, 0) is 0 Å². The number of nitrogens with two attached hydrogens (primary N) is 1. The molecule has 0 saturated carbocycles. The highest BCUT2D eigenvalue weighted by Crippen LogP contribution is 2.23. The van der Waals surface area contributed by atoms with E-state index in [1.807, 2.05) is 6.92 Å². The maximum Gasteiger partial charge on any atom is 0.00319 e. The van der Waals surface area contributed by atoms with Crippen molar-refractivity contribution in [3.63, 3.8) is 0 Å². The van der Waals surface area contributed by atoms with E-state index < -0.39 is 0 Å². The second-order valence-electron chi connectivity index (χ2n) is 3.50. The van der Waals surface area contributed by atoms with Gasteiger partial charge in [-0.2, -0.15) is 0 Å². The third-order valence-corrected chi connectivity index (χ3v) is 1.87. The predicted octanol–water partition coefficient (Wildman–Crippen LogP) is 2.50. The first kappa shape index (κ1) is 9.99. The number of halogens is 1. The lowest BCUT2D eigenvalue weighted by Gasteiger charge is -2.21. The van der Waals surface area contributed by atoms with Gasteiger partial charge < -0.3 is 5.73 Å². The Kier molecular flexibility index (Phi) is 3.99. The van der Waals surface area contributed by atoms with Gasteiger partial charge in [-0.05, 0) is 25.3 Å². The highest BCUT2D eigenvalue weighted by molar-refractivity contribution is 6.25. The molecule has 60 valence electrons. The fraction of sp³-hybridized carbons (Fsp3) is 0.750. The highest BCUT2D eigenvalue weighted by Gasteiger charge is 2.15. The number of hydrogen-bond donors (Lipinski definition) is 1. The van der Waals surface area contributed by atoms with Crippen molar-refractivity contribution in [2.45, 2.75) is 27.2 Å². The Labute approximate surface area is 68.2 Å². The largest absolute Gasteiger partial charge is 0.330 e. The summed E-state index contributed by atoms with van der Waals surface area (Å²) < 4.78 is 0. The van der Waals surface area contributed by atoms with Crippen molar-refractivity contribution in [3.8, 4) is 0 Å².